The van der Waals surface area contributed by atoms with Crippen LogP contribution in [0.4, 0.5) is 11.4 Å². The van der Waals surface area contributed by atoms with E-state index in [2.05, 4.69) is 0 Å². The van der Waals surface area contributed by atoms with Gasteiger partial charge in [-0.3, -0.25) is 0 Å². The van der Waals surface area contributed by atoms with Gasteiger partial charge in [0.05, 0.1) is 16.3 Å². The van der Waals surface area contributed by atoms with Crippen molar-refractivity contribution in [3.05, 3.63) is 47.5 Å². The van der Waals surface area contributed by atoms with E-state index in [4.69, 9.17) is 11.5 Å². The third-order valence-corrected chi connectivity index (χ3v) is 5.01. The number of hydrogen-bond donors (Lipinski definition) is 2. The first-order valence-corrected chi connectivity index (χ1v) is 7.28. The Hall–Kier alpha value is -2.01. The maximum absolute atomic E-state index is 12.7. The predicted octanol–water partition coefficient (Wildman–Crippen LogP) is 2.30. The minimum atomic E-state index is -3.70. The van der Waals surface area contributed by atoms with E-state index in [1.165, 1.54) is 12.1 Å². The molecule has 4 N–H and O–H groups in total. The highest BCUT2D eigenvalue weighted by atomic mass is 32.2. The zero-order chi connectivity index (χ0) is 14.2. The van der Waals surface area contributed by atoms with E-state index in [1.807, 2.05) is 13.0 Å². The minimum Gasteiger partial charge on any atom is -0.398 e. The molecule has 0 spiro atoms. The molecule has 0 aliphatic carbocycles. The minimum absolute atomic E-state index is 0.0105. The Morgan fingerprint density at radius 2 is 1.53 bits per heavy atom. The molecule has 0 heterocycles. The van der Waals surface area contributed by atoms with E-state index >= 15 is 0 Å². The average Bonchev–Trinajstić information content (AvgIpc) is 2.31. The Bertz CT molecular complexity index is 717. The lowest BCUT2D eigenvalue weighted by molar-refractivity contribution is 0.596. The van der Waals surface area contributed by atoms with Gasteiger partial charge in [0.15, 0.2) is 0 Å². The Balaban J connectivity index is 2.77. The zero-order valence-electron chi connectivity index (χ0n) is 10.8. The molecule has 0 radical (unpaired) electrons. The summed E-state index contributed by atoms with van der Waals surface area (Å²) in [6.45, 7) is 3.60. The van der Waals surface area contributed by atoms with Gasteiger partial charge in [0, 0.05) is 0 Å². The maximum atomic E-state index is 12.7. The van der Waals surface area contributed by atoms with Crippen LogP contribution < -0.4 is 11.5 Å². The van der Waals surface area contributed by atoms with Crippen LogP contribution in [0.5, 0.6) is 0 Å². The molecule has 100 valence electrons. The molecule has 2 aromatic carbocycles. The lowest BCUT2D eigenvalue weighted by atomic mass is 10.2. The van der Waals surface area contributed by atoms with Crippen LogP contribution in [0, 0.1) is 13.8 Å². The van der Waals surface area contributed by atoms with E-state index in [-0.39, 0.29) is 21.2 Å². The van der Waals surface area contributed by atoms with Gasteiger partial charge in [-0.25, -0.2) is 8.42 Å². The summed E-state index contributed by atoms with van der Waals surface area (Å²) in [4.78, 5) is 0.237. The molecule has 5 heteroatoms. The maximum Gasteiger partial charge on any atom is 0.210 e. The molecule has 0 saturated carbocycles. The normalized spacial score (nSPS) is 11.5. The Labute approximate surface area is 113 Å². The number of benzene rings is 2. The molecule has 0 fully saturated rings. The molecular weight excluding hydrogens is 260 g/mol. The summed E-state index contributed by atoms with van der Waals surface area (Å²) >= 11 is 0. The van der Waals surface area contributed by atoms with Crippen LogP contribution in [0.25, 0.3) is 0 Å². The number of nitrogen functional groups attached to an aromatic ring is 2. The Kier molecular flexibility index (Phi) is 3.24. The largest absolute Gasteiger partial charge is 0.398 e. The topological polar surface area (TPSA) is 86.2 Å². The quantitative estimate of drug-likeness (QED) is 0.824. The third kappa shape index (κ3) is 2.29. The number of sulfone groups is 1. The molecule has 0 aromatic heterocycles. The molecule has 4 nitrogen and oxygen atoms in total. The van der Waals surface area contributed by atoms with Crippen molar-refractivity contribution in [3.63, 3.8) is 0 Å². The summed E-state index contributed by atoms with van der Waals surface area (Å²) in [6, 6.07) is 9.98. The number of rotatable bonds is 2. The fourth-order valence-electron chi connectivity index (χ4n) is 1.99. The van der Waals surface area contributed by atoms with Crippen molar-refractivity contribution in [1.82, 2.24) is 0 Å². The van der Waals surface area contributed by atoms with E-state index < -0.39 is 9.84 Å². The first-order valence-electron chi connectivity index (χ1n) is 5.80. The molecule has 0 bridgehead atoms. The average molecular weight is 276 g/mol. The van der Waals surface area contributed by atoms with Crippen LogP contribution in [-0.2, 0) is 9.84 Å². The highest BCUT2D eigenvalue weighted by Gasteiger charge is 2.24. The fraction of sp³-hybridized carbons (Fsp3) is 0.143. The third-order valence-electron chi connectivity index (χ3n) is 2.98. The zero-order valence-corrected chi connectivity index (χ0v) is 11.7. The summed E-state index contributed by atoms with van der Waals surface area (Å²) in [6.07, 6.45) is 0. The summed E-state index contributed by atoms with van der Waals surface area (Å²) in [5.74, 6) is 0. The van der Waals surface area contributed by atoms with Crippen LogP contribution in [0.15, 0.2) is 46.2 Å². The first kappa shape index (κ1) is 13.4. The van der Waals surface area contributed by atoms with Crippen LogP contribution in [-0.4, -0.2) is 8.42 Å². The number of anilines is 2. The Morgan fingerprint density at radius 3 is 2.11 bits per heavy atom. The fourth-order valence-corrected chi connectivity index (χ4v) is 3.80. The second kappa shape index (κ2) is 4.59. The van der Waals surface area contributed by atoms with Crippen molar-refractivity contribution in [2.75, 3.05) is 11.5 Å². The van der Waals surface area contributed by atoms with Crippen LogP contribution in [0.3, 0.4) is 0 Å². The van der Waals surface area contributed by atoms with Crippen molar-refractivity contribution in [3.8, 4) is 0 Å². The molecule has 2 rings (SSSR count). The van der Waals surface area contributed by atoms with Gasteiger partial charge in [-0.15, -0.1) is 0 Å². The molecule has 0 saturated heterocycles. The van der Waals surface area contributed by atoms with Gasteiger partial charge in [0.25, 0.3) is 0 Å². The van der Waals surface area contributed by atoms with Crippen LogP contribution >= 0.6 is 0 Å². The smallest absolute Gasteiger partial charge is 0.210 e. The SMILES string of the molecule is Cc1ccc(C)c(S(=O)(=O)c2c(N)cccc2N)c1. The van der Waals surface area contributed by atoms with E-state index in [9.17, 15) is 8.42 Å². The van der Waals surface area contributed by atoms with Gasteiger partial charge < -0.3 is 11.5 Å². The van der Waals surface area contributed by atoms with Crippen molar-refractivity contribution in [2.24, 2.45) is 0 Å². The van der Waals surface area contributed by atoms with Gasteiger partial charge in [0.1, 0.15) is 4.90 Å². The summed E-state index contributed by atoms with van der Waals surface area (Å²) in [5, 5.41) is 0. The highest BCUT2D eigenvalue weighted by molar-refractivity contribution is 7.91. The molecule has 0 aliphatic rings. The second-order valence-corrected chi connectivity index (χ2v) is 6.39. The van der Waals surface area contributed by atoms with Gasteiger partial charge in [0.2, 0.25) is 9.84 Å². The van der Waals surface area contributed by atoms with E-state index in [1.54, 1.807) is 25.1 Å². The van der Waals surface area contributed by atoms with Gasteiger partial charge in [-0.1, -0.05) is 18.2 Å². The van der Waals surface area contributed by atoms with Gasteiger partial charge >= 0.3 is 0 Å². The van der Waals surface area contributed by atoms with Crippen molar-refractivity contribution < 1.29 is 8.42 Å². The molecule has 2 aromatic rings. The predicted molar refractivity (Wildman–Crippen MR) is 76.6 cm³/mol. The van der Waals surface area contributed by atoms with Crippen molar-refractivity contribution in [1.29, 1.82) is 0 Å². The van der Waals surface area contributed by atoms with E-state index in [0.29, 0.717) is 5.56 Å². The number of nitrogens with two attached hydrogens (primary N) is 2. The lowest BCUT2D eigenvalue weighted by Crippen LogP contribution is -2.10. The van der Waals surface area contributed by atoms with Crippen molar-refractivity contribution in [2.45, 2.75) is 23.6 Å². The summed E-state index contributed by atoms with van der Waals surface area (Å²) in [5.41, 5.74) is 13.4. The second-order valence-electron chi connectivity index (χ2n) is 4.54. The lowest BCUT2D eigenvalue weighted by Gasteiger charge is -2.12. The molecule has 0 unspecified atom stereocenters. The standard InChI is InChI=1S/C14H16N2O2S/c1-9-6-7-10(2)13(8-9)19(17,18)14-11(15)4-3-5-12(14)16/h3-8H,15-16H2,1-2H3. The first-order chi connectivity index (χ1) is 8.84. The van der Waals surface area contributed by atoms with Gasteiger partial charge in [-0.2, -0.15) is 0 Å². The molecule has 0 aliphatic heterocycles. The molecule has 0 atom stereocenters. The molecular formula is C14H16N2O2S. The Morgan fingerprint density at radius 1 is 0.947 bits per heavy atom. The molecule has 0 amide bonds. The van der Waals surface area contributed by atoms with Gasteiger partial charge in [-0.05, 0) is 43.2 Å². The summed E-state index contributed by atoms with van der Waals surface area (Å²) < 4.78 is 25.4. The summed E-state index contributed by atoms with van der Waals surface area (Å²) in [7, 11) is -3.70. The van der Waals surface area contributed by atoms with Crippen LogP contribution in [0.2, 0.25) is 0 Å². The van der Waals surface area contributed by atoms with E-state index in [0.717, 1.165) is 5.56 Å². The highest BCUT2D eigenvalue weighted by Crippen LogP contribution is 2.32. The van der Waals surface area contributed by atoms with Crippen LogP contribution in [0.1, 0.15) is 11.1 Å². The molecule has 19 heavy (non-hydrogen) atoms. The number of aryl methyl sites for hydroxylation is 2. The van der Waals surface area contributed by atoms with Crippen molar-refractivity contribution >= 4 is 21.2 Å². The monoisotopic (exact) mass is 276 g/mol. The number of hydrogen-bond acceptors (Lipinski definition) is 4.